The zero-order valence-electron chi connectivity index (χ0n) is 11.6. The molecule has 98 valence electrons. The number of nitrogens with zero attached hydrogens (tertiary/aromatic N) is 1. The summed E-state index contributed by atoms with van der Waals surface area (Å²) in [5.41, 5.74) is 0. The number of piperidine rings is 2. The van der Waals surface area contributed by atoms with Crippen LogP contribution in [0.1, 0.15) is 52.9 Å². The molecular formula is C15H27NO. The van der Waals surface area contributed by atoms with Crippen LogP contribution in [0, 0.1) is 17.8 Å². The molecule has 0 aromatic rings. The number of fused-ring (bicyclic) bond motifs is 1. The van der Waals surface area contributed by atoms with Crippen LogP contribution in [0.3, 0.4) is 0 Å². The van der Waals surface area contributed by atoms with Crippen molar-refractivity contribution >= 4 is 5.78 Å². The van der Waals surface area contributed by atoms with Gasteiger partial charge in [0, 0.05) is 24.4 Å². The quantitative estimate of drug-likeness (QED) is 0.751. The molecule has 2 nitrogen and oxygen atoms in total. The second-order valence-electron chi connectivity index (χ2n) is 5.99. The van der Waals surface area contributed by atoms with Crippen molar-refractivity contribution in [3.8, 4) is 0 Å². The van der Waals surface area contributed by atoms with E-state index in [1.165, 1.54) is 25.8 Å². The Kier molecular flexibility index (Phi) is 4.24. The van der Waals surface area contributed by atoms with E-state index in [9.17, 15) is 4.79 Å². The lowest BCUT2D eigenvalue weighted by Gasteiger charge is -2.49. The van der Waals surface area contributed by atoms with Gasteiger partial charge in [0.2, 0.25) is 0 Å². The number of Topliss-reactive ketones (excluding diaryl/α,β-unsaturated/α-hetero) is 1. The van der Waals surface area contributed by atoms with Crippen LogP contribution in [0.5, 0.6) is 0 Å². The highest BCUT2D eigenvalue weighted by Crippen LogP contribution is 2.38. The average Bonchev–Trinajstić information content (AvgIpc) is 2.34. The van der Waals surface area contributed by atoms with Gasteiger partial charge >= 0.3 is 0 Å². The minimum absolute atomic E-state index is 0.262. The van der Waals surface area contributed by atoms with Gasteiger partial charge in [-0.15, -0.1) is 0 Å². The monoisotopic (exact) mass is 237 g/mol. The number of carbonyl (C=O) groups excluding carboxylic acids is 1. The predicted octanol–water partition coefficient (Wildman–Crippen LogP) is 3.11. The number of hydrogen-bond donors (Lipinski definition) is 0. The molecule has 0 spiro atoms. The molecule has 0 aliphatic carbocycles. The highest BCUT2D eigenvalue weighted by molar-refractivity contribution is 5.85. The van der Waals surface area contributed by atoms with E-state index in [1.54, 1.807) is 0 Å². The average molecular weight is 237 g/mol. The molecule has 2 fully saturated rings. The van der Waals surface area contributed by atoms with E-state index >= 15 is 0 Å². The molecule has 2 aliphatic rings. The van der Waals surface area contributed by atoms with Gasteiger partial charge in [-0.1, -0.05) is 33.6 Å². The van der Waals surface area contributed by atoms with E-state index < -0.39 is 0 Å². The number of rotatable bonds is 3. The van der Waals surface area contributed by atoms with Crippen molar-refractivity contribution < 1.29 is 4.79 Å². The van der Waals surface area contributed by atoms with Gasteiger partial charge in [0.25, 0.3) is 0 Å². The summed E-state index contributed by atoms with van der Waals surface area (Å²) in [4.78, 5) is 15.0. The molecule has 2 aliphatic heterocycles. The molecule has 0 saturated carbocycles. The van der Waals surface area contributed by atoms with Crippen molar-refractivity contribution in [1.82, 2.24) is 4.90 Å². The van der Waals surface area contributed by atoms with Crippen LogP contribution in [0.25, 0.3) is 0 Å². The first kappa shape index (κ1) is 13.1. The highest BCUT2D eigenvalue weighted by atomic mass is 16.1. The summed E-state index contributed by atoms with van der Waals surface area (Å²) in [6, 6.07) is 0.567. The van der Waals surface area contributed by atoms with E-state index in [-0.39, 0.29) is 5.92 Å². The zero-order chi connectivity index (χ0) is 12.4. The third-order valence-corrected chi connectivity index (χ3v) is 4.82. The topological polar surface area (TPSA) is 20.3 Å². The predicted molar refractivity (Wildman–Crippen MR) is 70.9 cm³/mol. The maximum Gasteiger partial charge on any atom is 0.141 e. The lowest BCUT2D eigenvalue weighted by Crippen LogP contribution is -2.58. The van der Waals surface area contributed by atoms with Crippen molar-refractivity contribution in [2.75, 3.05) is 13.1 Å². The second-order valence-corrected chi connectivity index (χ2v) is 5.99. The van der Waals surface area contributed by atoms with E-state index in [0.717, 1.165) is 25.3 Å². The fraction of sp³-hybridized carbons (Fsp3) is 0.933. The maximum absolute atomic E-state index is 12.4. The summed E-state index contributed by atoms with van der Waals surface area (Å²) < 4.78 is 0. The molecule has 0 radical (unpaired) electrons. The molecule has 0 aromatic carbocycles. The van der Waals surface area contributed by atoms with E-state index in [2.05, 4.69) is 25.7 Å². The molecule has 0 unspecified atom stereocenters. The van der Waals surface area contributed by atoms with Crippen molar-refractivity contribution in [2.24, 2.45) is 17.8 Å². The van der Waals surface area contributed by atoms with Gasteiger partial charge < -0.3 is 0 Å². The summed E-state index contributed by atoms with van der Waals surface area (Å²) in [5, 5.41) is 0. The second kappa shape index (κ2) is 5.51. The van der Waals surface area contributed by atoms with Crippen LogP contribution in [-0.4, -0.2) is 29.8 Å². The fourth-order valence-electron chi connectivity index (χ4n) is 4.02. The number of ketones is 1. The molecule has 0 bridgehead atoms. The number of hydrogen-bond acceptors (Lipinski definition) is 2. The smallest absolute Gasteiger partial charge is 0.141 e. The van der Waals surface area contributed by atoms with Gasteiger partial charge in [0.1, 0.15) is 5.78 Å². The molecule has 2 heterocycles. The summed E-state index contributed by atoms with van der Waals surface area (Å²) >= 11 is 0. The molecule has 4 atom stereocenters. The highest BCUT2D eigenvalue weighted by Gasteiger charge is 2.44. The minimum atomic E-state index is 0.262. The van der Waals surface area contributed by atoms with Crippen LogP contribution in [0.15, 0.2) is 0 Å². The van der Waals surface area contributed by atoms with Crippen LogP contribution in [-0.2, 0) is 4.79 Å². The molecular weight excluding hydrogens is 210 g/mol. The van der Waals surface area contributed by atoms with Gasteiger partial charge in [0.05, 0.1) is 0 Å². The maximum atomic E-state index is 12.4. The third kappa shape index (κ3) is 2.42. The van der Waals surface area contributed by atoms with E-state index in [4.69, 9.17) is 0 Å². The Morgan fingerprint density at radius 2 is 2.12 bits per heavy atom. The van der Waals surface area contributed by atoms with Gasteiger partial charge in [-0.2, -0.15) is 0 Å². The first-order chi connectivity index (χ1) is 8.19. The van der Waals surface area contributed by atoms with Crippen molar-refractivity contribution in [2.45, 2.75) is 58.9 Å². The Morgan fingerprint density at radius 1 is 1.35 bits per heavy atom. The first-order valence-corrected chi connectivity index (χ1v) is 7.46. The minimum Gasteiger partial charge on any atom is -0.299 e. The summed E-state index contributed by atoms with van der Waals surface area (Å²) in [7, 11) is 0. The molecule has 0 N–H and O–H groups in total. The standard InChI is InChI=1S/C15H27NO/c1-4-7-13-14-12(5-2)8-6-9-16(14)10-11(3)15(13)17/h11-14H,4-10H2,1-3H3/t11-,12+,13-,14+/m1/s1. The summed E-state index contributed by atoms with van der Waals surface area (Å²) in [5.74, 6) is 1.90. The Labute approximate surface area is 106 Å². The first-order valence-electron chi connectivity index (χ1n) is 7.46. The largest absolute Gasteiger partial charge is 0.299 e. The van der Waals surface area contributed by atoms with Crippen LogP contribution < -0.4 is 0 Å². The van der Waals surface area contributed by atoms with Crippen LogP contribution in [0.4, 0.5) is 0 Å². The van der Waals surface area contributed by atoms with E-state index in [0.29, 0.717) is 17.7 Å². The van der Waals surface area contributed by atoms with Crippen LogP contribution >= 0.6 is 0 Å². The summed E-state index contributed by atoms with van der Waals surface area (Å²) in [6.45, 7) is 8.86. The van der Waals surface area contributed by atoms with Gasteiger partial charge in [-0.3, -0.25) is 9.69 Å². The molecule has 17 heavy (non-hydrogen) atoms. The van der Waals surface area contributed by atoms with Gasteiger partial charge in [0.15, 0.2) is 0 Å². The Bertz CT molecular complexity index is 276. The third-order valence-electron chi connectivity index (χ3n) is 4.82. The van der Waals surface area contributed by atoms with Crippen molar-refractivity contribution in [3.63, 3.8) is 0 Å². The van der Waals surface area contributed by atoms with E-state index in [1.807, 2.05) is 0 Å². The lowest BCUT2D eigenvalue weighted by molar-refractivity contribution is -0.138. The Balaban J connectivity index is 2.20. The molecule has 0 aromatic heterocycles. The summed E-state index contributed by atoms with van der Waals surface area (Å²) in [6.07, 6.45) is 6.14. The molecule has 2 heteroatoms. The van der Waals surface area contributed by atoms with Crippen molar-refractivity contribution in [3.05, 3.63) is 0 Å². The Morgan fingerprint density at radius 3 is 2.76 bits per heavy atom. The molecule has 2 rings (SSSR count). The lowest BCUT2D eigenvalue weighted by atomic mass is 9.71. The SMILES string of the molecule is CCC[C@H]1C(=O)[C@H](C)CN2CCC[C@H](CC)[C@@H]12. The molecule has 0 amide bonds. The van der Waals surface area contributed by atoms with Crippen LogP contribution in [0.2, 0.25) is 0 Å². The normalized spacial score (nSPS) is 39.1. The molecule has 2 saturated heterocycles. The van der Waals surface area contributed by atoms with Gasteiger partial charge in [-0.05, 0) is 31.7 Å². The zero-order valence-corrected chi connectivity index (χ0v) is 11.6. The number of carbonyl (C=O) groups is 1. The fourth-order valence-corrected chi connectivity index (χ4v) is 4.02. The Hall–Kier alpha value is -0.370. The van der Waals surface area contributed by atoms with Gasteiger partial charge in [-0.25, -0.2) is 0 Å². The van der Waals surface area contributed by atoms with Crippen molar-refractivity contribution in [1.29, 1.82) is 0 Å².